The molecule has 0 saturated heterocycles. The van der Waals surface area contributed by atoms with Gasteiger partial charge < -0.3 is 10.5 Å². The molecule has 0 heterocycles. The second kappa shape index (κ2) is 7.59. The highest BCUT2D eigenvalue weighted by molar-refractivity contribution is 5.33. The van der Waals surface area contributed by atoms with Crippen molar-refractivity contribution in [3.8, 4) is 5.75 Å². The van der Waals surface area contributed by atoms with Crippen LogP contribution in [0.3, 0.4) is 0 Å². The van der Waals surface area contributed by atoms with Gasteiger partial charge in [0.1, 0.15) is 5.75 Å². The van der Waals surface area contributed by atoms with Crippen LogP contribution in [0.1, 0.15) is 17.5 Å². The summed E-state index contributed by atoms with van der Waals surface area (Å²) < 4.78 is 5.90. The lowest BCUT2D eigenvalue weighted by Crippen LogP contribution is -2.05. The van der Waals surface area contributed by atoms with Gasteiger partial charge in [0.2, 0.25) is 0 Å². The Balaban J connectivity index is 1.88. The van der Waals surface area contributed by atoms with E-state index in [0.717, 1.165) is 31.6 Å². The second-order valence-corrected chi connectivity index (χ2v) is 4.58. The van der Waals surface area contributed by atoms with Crippen LogP contribution in [0.4, 0.5) is 0 Å². The van der Waals surface area contributed by atoms with Crippen LogP contribution in [0.15, 0.2) is 54.6 Å². The van der Waals surface area contributed by atoms with E-state index in [9.17, 15) is 0 Å². The molecule has 0 aromatic heterocycles. The van der Waals surface area contributed by atoms with E-state index in [-0.39, 0.29) is 0 Å². The molecule has 19 heavy (non-hydrogen) atoms. The lowest BCUT2D eigenvalue weighted by molar-refractivity contribution is 0.318. The first-order valence-corrected chi connectivity index (χ1v) is 6.85. The van der Waals surface area contributed by atoms with Crippen LogP contribution in [-0.4, -0.2) is 13.2 Å². The normalized spacial score (nSPS) is 10.4. The van der Waals surface area contributed by atoms with Crippen molar-refractivity contribution in [2.45, 2.75) is 19.3 Å². The average Bonchev–Trinajstić information content (AvgIpc) is 2.47. The fourth-order valence-corrected chi connectivity index (χ4v) is 2.07. The molecule has 0 aliphatic carbocycles. The van der Waals surface area contributed by atoms with Crippen molar-refractivity contribution in [3.05, 3.63) is 65.7 Å². The van der Waals surface area contributed by atoms with Gasteiger partial charge in [0.15, 0.2) is 0 Å². The highest BCUT2D eigenvalue weighted by atomic mass is 16.5. The molecule has 2 aromatic rings. The summed E-state index contributed by atoms with van der Waals surface area (Å²) >= 11 is 0. The Bertz CT molecular complexity index is 482. The third-order valence-corrected chi connectivity index (χ3v) is 3.11. The summed E-state index contributed by atoms with van der Waals surface area (Å²) in [6.45, 7) is 1.43. The lowest BCUT2D eigenvalue weighted by atomic mass is 10.1. The maximum Gasteiger partial charge on any atom is 0.122 e. The molecule has 0 amide bonds. The summed E-state index contributed by atoms with van der Waals surface area (Å²) in [5.41, 5.74) is 8.12. The molecular formula is C17H21NO. The molecule has 2 rings (SSSR count). The Hall–Kier alpha value is -1.80. The molecule has 2 N–H and O–H groups in total. The van der Waals surface area contributed by atoms with Crippen LogP contribution in [0.25, 0.3) is 0 Å². The highest BCUT2D eigenvalue weighted by Crippen LogP contribution is 2.19. The first-order chi connectivity index (χ1) is 9.40. The van der Waals surface area contributed by atoms with E-state index in [4.69, 9.17) is 10.5 Å². The number of rotatable bonds is 7. The molecule has 0 fully saturated rings. The number of para-hydroxylation sites is 1. The molecular weight excluding hydrogens is 234 g/mol. The van der Waals surface area contributed by atoms with Gasteiger partial charge in [-0.1, -0.05) is 48.5 Å². The van der Waals surface area contributed by atoms with Gasteiger partial charge in [-0.3, -0.25) is 0 Å². The van der Waals surface area contributed by atoms with E-state index in [2.05, 4.69) is 36.4 Å². The molecule has 2 heteroatoms. The van der Waals surface area contributed by atoms with Crippen LogP contribution in [0.2, 0.25) is 0 Å². The molecule has 0 aliphatic rings. The molecule has 0 unspecified atom stereocenters. The predicted octanol–water partition coefficient (Wildman–Crippen LogP) is 3.20. The lowest BCUT2D eigenvalue weighted by Gasteiger charge is -2.11. The maximum absolute atomic E-state index is 5.90. The molecule has 0 atom stereocenters. The molecule has 0 aliphatic heterocycles. The summed E-state index contributed by atoms with van der Waals surface area (Å²) in [7, 11) is 0. The number of nitrogens with two attached hydrogens (primary N) is 1. The summed E-state index contributed by atoms with van der Waals surface area (Å²) in [6, 6.07) is 18.6. The number of ether oxygens (including phenoxy) is 1. The fraction of sp³-hybridized carbons (Fsp3) is 0.294. The first kappa shape index (κ1) is 13.6. The van der Waals surface area contributed by atoms with E-state index in [0.29, 0.717) is 6.61 Å². The molecule has 0 radical (unpaired) electrons. The van der Waals surface area contributed by atoms with E-state index in [1.165, 1.54) is 11.1 Å². The van der Waals surface area contributed by atoms with Gasteiger partial charge in [0.25, 0.3) is 0 Å². The Morgan fingerprint density at radius 2 is 1.58 bits per heavy atom. The Labute approximate surface area is 115 Å². The molecule has 100 valence electrons. The summed E-state index contributed by atoms with van der Waals surface area (Å²) in [5, 5.41) is 0. The summed E-state index contributed by atoms with van der Waals surface area (Å²) in [4.78, 5) is 0. The van der Waals surface area contributed by atoms with Crippen LogP contribution < -0.4 is 10.5 Å². The minimum atomic E-state index is 0.712. The van der Waals surface area contributed by atoms with Crippen molar-refractivity contribution >= 4 is 0 Å². The van der Waals surface area contributed by atoms with Crippen LogP contribution in [-0.2, 0) is 12.8 Å². The van der Waals surface area contributed by atoms with Crippen LogP contribution in [0.5, 0.6) is 5.75 Å². The fourth-order valence-electron chi connectivity index (χ4n) is 2.07. The van der Waals surface area contributed by atoms with E-state index in [1.807, 2.05) is 18.2 Å². The van der Waals surface area contributed by atoms with Gasteiger partial charge in [-0.05, 0) is 36.6 Å². The van der Waals surface area contributed by atoms with E-state index >= 15 is 0 Å². The van der Waals surface area contributed by atoms with Gasteiger partial charge in [-0.2, -0.15) is 0 Å². The Morgan fingerprint density at radius 3 is 2.37 bits per heavy atom. The van der Waals surface area contributed by atoms with Gasteiger partial charge in [-0.15, -0.1) is 0 Å². The molecule has 0 bridgehead atoms. The number of aryl methyl sites for hydroxylation is 1. The SMILES string of the molecule is NCCCc1ccccc1OCCc1ccccc1. The van der Waals surface area contributed by atoms with Crippen molar-refractivity contribution in [2.24, 2.45) is 5.73 Å². The van der Waals surface area contributed by atoms with E-state index in [1.54, 1.807) is 0 Å². The van der Waals surface area contributed by atoms with Gasteiger partial charge in [0, 0.05) is 6.42 Å². The van der Waals surface area contributed by atoms with Crippen LogP contribution >= 0.6 is 0 Å². The Kier molecular flexibility index (Phi) is 5.45. The monoisotopic (exact) mass is 255 g/mol. The van der Waals surface area contributed by atoms with Crippen molar-refractivity contribution in [2.75, 3.05) is 13.2 Å². The minimum Gasteiger partial charge on any atom is -0.493 e. The maximum atomic E-state index is 5.90. The van der Waals surface area contributed by atoms with Gasteiger partial charge in [0.05, 0.1) is 6.61 Å². The Morgan fingerprint density at radius 1 is 0.842 bits per heavy atom. The van der Waals surface area contributed by atoms with Crippen molar-refractivity contribution in [1.29, 1.82) is 0 Å². The largest absolute Gasteiger partial charge is 0.493 e. The van der Waals surface area contributed by atoms with Crippen LogP contribution in [0, 0.1) is 0 Å². The zero-order chi connectivity index (χ0) is 13.3. The third kappa shape index (κ3) is 4.42. The first-order valence-electron chi connectivity index (χ1n) is 6.85. The van der Waals surface area contributed by atoms with Gasteiger partial charge >= 0.3 is 0 Å². The standard InChI is InChI=1S/C17H21NO/c18-13-6-10-16-9-4-5-11-17(16)19-14-12-15-7-2-1-3-8-15/h1-5,7-9,11H,6,10,12-14,18H2. The zero-order valence-corrected chi connectivity index (χ0v) is 11.2. The van der Waals surface area contributed by atoms with Gasteiger partial charge in [-0.25, -0.2) is 0 Å². The topological polar surface area (TPSA) is 35.2 Å². The number of hydrogen-bond donors (Lipinski definition) is 1. The van der Waals surface area contributed by atoms with E-state index < -0.39 is 0 Å². The highest BCUT2D eigenvalue weighted by Gasteiger charge is 2.02. The number of hydrogen-bond acceptors (Lipinski definition) is 2. The summed E-state index contributed by atoms with van der Waals surface area (Å²) in [6.07, 6.45) is 2.92. The smallest absolute Gasteiger partial charge is 0.122 e. The number of benzene rings is 2. The minimum absolute atomic E-state index is 0.712. The zero-order valence-electron chi connectivity index (χ0n) is 11.2. The molecule has 2 aromatic carbocycles. The second-order valence-electron chi connectivity index (χ2n) is 4.58. The third-order valence-electron chi connectivity index (χ3n) is 3.11. The summed E-state index contributed by atoms with van der Waals surface area (Å²) in [5.74, 6) is 0.992. The average molecular weight is 255 g/mol. The molecule has 0 saturated carbocycles. The van der Waals surface area contributed by atoms with Crippen molar-refractivity contribution in [1.82, 2.24) is 0 Å². The van der Waals surface area contributed by atoms with Crippen molar-refractivity contribution in [3.63, 3.8) is 0 Å². The quantitative estimate of drug-likeness (QED) is 0.824. The molecule has 0 spiro atoms. The van der Waals surface area contributed by atoms with Crippen molar-refractivity contribution < 1.29 is 4.74 Å². The molecule has 2 nitrogen and oxygen atoms in total. The predicted molar refractivity (Wildman–Crippen MR) is 79.5 cm³/mol.